The summed E-state index contributed by atoms with van der Waals surface area (Å²) < 4.78 is 5.61. The lowest BCUT2D eigenvalue weighted by Gasteiger charge is -2.29. The standard InChI is InChI=1S/C10H20O2/c1-8-5-3-4-6-10(8)12-7-9(2)11/h8-11H,3-7H2,1-2H3/t8?,9-,10?/m1/s1. The van der Waals surface area contributed by atoms with Crippen molar-refractivity contribution in [3.05, 3.63) is 0 Å². The van der Waals surface area contributed by atoms with Crippen molar-refractivity contribution in [3.8, 4) is 0 Å². The average molecular weight is 172 g/mol. The first-order valence-electron chi connectivity index (χ1n) is 5.00. The summed E-state index contributed by atoms with van der Waals surface area (Å²) in [6, 6.07) is 0. The molecule has 12 heavy (non-hydrogen) atoms. The van der Waals surface area contributed by atoms with Gasteiger partial charge in [0, 0.05) is 0 Å². The highest BCUT2D eigenvalue weighted by atomic mass is 16.5. The van der Waals surface area contributed by atoms with Gasteiger partial charge in [-0.25, -0.2) is 0 Å². The van der Waals surface area contributed by atoms with Crippen molar-refractivity contribution in [2.24, 2.45) is 5.92 Å². The molecule has 0 saturated heterocycles. The van der Waals surface area contributed by atoms with Crippen LogP contribution in [-0.2, 0) is 4.74 Å². The molecule has 1 rings (SSSR count). The molecule has 2 heteroatoms. The van der Waals surface area contributed by atoms with Gasteiger partial charge in [0.15, 0.2) is 0 Å². The van der Waals surface area contributed by atoms with Crippen LogP contribution in [0.3, 0.4) is 0 Å². The summed E-state index contributed by atoms with van der Waals surface area (Å²) in [6.07, 6.45) is 5.16. The zero-order valence-electron chi connectivity index (χ0n) is 8.12. The fourth-order valence-corrected chi connectivity index (χ4v) is 1.79. The maximum atomic E-state index is 9.04. The van der Waals surface area contributed by atoms with Crippen LogP contribution >= 0.6 is 0 Å². The van der Waals surface area contributed by atoms with Gasteiger partial charge in [-0.15, -0.1) is 0 Å². The summed E-state index contributed by atoms with van der Waals surface area (Å²) >= 11 is 0. The highest BCUT2D eigenvalue weighted by Gasteiger charge is 2.21. The molecule has 1 saturated carbocycles. The molecular formula is C10H20O2. The third-order valence-corrected chi connectivity index (χ3v) is 2.58. The van der Waals surface area contributed by atoms with Crippen LogP contribution in [0.2, 0.25) is 0 Å². The molecule has 1 aliphatic rings. The molecule has 3 atom stereocenters. The molecule has 0 radical (unpaired) electrons. The topological polar surface area (TPSA) is 29.5 Å². The smallest absolute Gasteiger partial charge is 0.0745 e. The Hall–Kier alpha value is -0.0800. The molecule has 0 heterocycles. The quantitative estimate of drug-likeness (QED) is 0.705. The molecule has 72 valence electrons. The van der Waals surface area contributed by atoms with Gasteiger partial charge in [-0.1, -0.05) is 19.8 Å². The van der Waals surface area contributed by atoms with Crippen LogP contribution in [0.15, 0.2) is 0 Å². The predicted octanol–water partition coefficient (Wildman–Crippen LogP) is 1.96. The van der Waals surface area contributed by atoms with Crippen molar-refractivity contribution in [1.29, 1.82) is 0 Å². The second-order valence-corrected chi connectivity index (χ2v) is 3.98. The zero-order valence-corrected chi connectivity index (χ0v) is 8.12. The fraction of sp³-hybridized carbons (Fsp3) is 1.00. The molecule has 1 aliphatic carbocycles. The Labute approximate surface area is 74.9 Å². The minimum atomic E-state index is -0.320. The number of rotatable bonds is 3. The summed E-state index contributed by atoms with van der Waals surface area (Å²) in [5.41, 5.74) is 0. The van der Waals surface area contributed by atoms with Gasteiger partial charge in [0.25, 0.3) is 0 Å². The van der Waals surface area contributed by atoms with Crippen LogP contribution in [0.4, 0.5) is 0 Å². The Bertz CT molecular complexity index is 123. The maximum absolute atomic E-state index is 9.04. The van der Waals surface area contributed by atoms with E-state index in [4.69, 9.17) is 9.84 Å². The Morgan fingerprint density at radius 3 is 2.67 bits per heavy atom. The second kappa shape index (κ2) is 4.83. The number of aliphatic hydroxyl groups is 1. The van der Waals surface area contributed by atoms with Gasteiger partial charge in [0.2, 0.25) is 0 Å². The monoisotopic (exact) mass is 172 g/mol. The lowest BCUT2D eigenvalue weighted by Crippen LogP contribution is -2.28. The van der Waals surface area contributed by atoms with E-state index in [1.165, 1.54) is 25.7 Å². The Kier molecular flexibility index (Phi) is 4.02. The minimum Gasteiger partial charge on any atom is -0.391 e. The van der Waals surface area contributed by atoms with Gasteiger partial charge < -0.3 is 9.84 Å². The molecule has 0 aromatic carbocycles. The van der Waals surface area contributed by atoms with Crippen molar-refractivity contribution in [2.45, 2.75) is 51.7 Å². The third-order valence-electron chi connectivity index (χ3n) is 2.58. The van der Waals surface area contributed by atoms with Crippen LogP contribution in [-0.4, -0.2) is 23.9 Å². The number of hydrogen-bond donors (Lipinski definition) is 1. The van der Waals surface area contributed by atoms with Crippen molar-refractivity contribution < 1.29 is 9.84 Å². The molecule has 1 fully saturated rings. The molecule has 2 nitrogen and oxygen atoms in total. The Balaban J connectivity index is 2.20. The van der Waals surface area contributed by atoms with E-state index >= 15 is 0 Å². The Morgan fingerprint density at radius 2 is 2.08 bits per heavy atom. The summed E-state index contributed by atoms with van der Waals surface area (Å²) in [4.78, 5) is 0. The molecule has 0 spiro atoms. The number of ether oxygens (including phenoxy) is 1. The van der Waals surface area contributed by atoms with Crippen LogP contribution in [0, 0.1) is 5.92 Å². The first-order chi connectivity index (χ1) is 5.70. The van der Waals surface area contributed by atoms with E-state index in [1.807, 2.05) is 0 Å². The van der Waals surface area contributed by atoms with Crippen LogP contribution < -0.4 is 0 Å². The molecule has 1 N–H and O–H groups in total. The lowest BCUT2D eigenvalue weighted by atomic mass is 9.88. The Morgan fingerprint density at radius 1 is 1.42 bits per heavy atom. The van der Waals surface area contributed by atoms with Crippen LogP contribution in [0.25, 0.3) is 0 Å². The first kappa shape index (κ1) is 10.0. The SMILES string of the molecule is CC1CCCCC1OC[C@@H](C)O. The van der Waals surface area contributed by atoms with E-state index in [2.05, 4.69) is 6.92 Å². The average Bonchev–Trinajstić information content (AvgIpc) is 2.03. The molecular weight excluding hydrogens is 152 g/mol. The minimum absolute atomic E-state index is 0.320. The molecule has 0 bridgehead atoms. The predicted molar refractivity (Wildman–Crippen MR) is 49.1 cm³/mol. The normalized spacial score (nSPS) is 33.2. The van der Waals surface area contributed by atoms with Crippen LogP contribution in [0.1, 0.15) is 39.5 Å². The van der Waals surface area contributed by atoms with Gasteiger partial charge >= 0.3 is 0 Å². The zero-order chi connectivity index (χ0) is 8.97. The molecule has 0 aliphatic heterocycles. The van der Waals surface area contributed by atoms with Gasteiger partial charge in [-0.2, -0.15) is 0 Å². The van der Waals surface area contributed by atoms with E-state index in [0.29, 0.717) is 18.6 Å². The van der Waals surface area contributed by atoms with Gasteiger partial charge in [0.1, 0.15) is 0 Å². The highest BCUT2D eigenvalue weighted by Crippen LogP contribution is 2.26. The van der Waals surface area contributed by atoms with Gasteiger partial charge in [-0.05, 0) is 25.7 Å². The first-order valence-corrected chi connectivity index (χ1v) is 5.00. The van der Waals surface area contributed by atoms with E-state index in [-0.39, 0.29) is 6.10 Å². The van der Waals surface area contributed by atoms with E-state index in [0.717, 1.165) is 0 Å². The number of hydrogen-bond acceptors (Lipinski definition) is 2. The van der Waals surface area contributed by atoms with Crippen LogP contribution in [0.5, 0.6) is 0 Å². The maximum Gasteiger partial charge on any atom is 0.0745 e. The van der Waals surface area contributed by atoms with Gasteiger partial charge in [0.05, 0.1) is 18.8 Å². The van der Waals surface area contributed by atoms with E-state index in [9.17, 15) is 0 Å². The summed E-state index contributed by atoms with van der Waals surface area (Å²) in [5.74, 6) is 0.678. The molecule has 0 aromatic heterocycles. The summed E-state index contributed by atoms with van der Waals surface area (Å²) in [6.45, 7) is 4.51. The highest BCUT2D eigenvalue weighted by molar-refractivity contribution is 4.72. The van der Waals surface area contributed by atoms with E-state index < -0.39 is 0 Å². The van der Waals surface area contributed by atoms with Crippen molar-refractivity contribution >= 4 is 0 Å². The molecule has 0 aromatic rings. The number of aliphatic hydroxyl groups excluding tert-OH is 1. The largest absolute Gasteiger partial charge is 0.391 e. The summed E-state index contributed by atoms with van der Waals surface area (Å²) in [5, 5.41) is 9.04. The summed E-state index contributed by atoms with van der Waals surface area (Å²) in [7, 11) is 0. The van der Waals surface area contributed by atoms with Gasteiger partial charge in [-0.3, -0.25) is 0 Å². The molecule has 2 unspecified atom stereocenters. The van der Waals surface area contributed by atoms with Crippen molar-refractivity contribution in [3.63, 3.8) is 0 Å². The lowest BCUT2D eigenvalue weighted by molar-refractivity contribution is -0.0412. The fourth-order valence-electron chi connectivity index (χ4n) is 1.79. The molecule has 0 amide bonds. The third kappa shape index (κ3) is 3.11. The van der Waals surface area contributed by atoms with E-state index in [1.54, 1.807) is 6.92 Å². The van der Waals surface area contributed by atoms with Crippen molar-refractivity contribution in [2.75, 3.05) is 6.61 Å². The van der Waals surface area contributed by atoms with Crippen molar-refractivity contribution in [1.82, 2.24) is 0 Å². The second-order valence-electron chi connectivity index (χ2n) is 3.98.